The van der Waals surface area contributed by atoms with Gasteiger partial charge in [0.2, 0.25) is 0 Å². The first-order valence-corrected chi connectivity index (χ1v) is 2.79. The van der Waals surface area contributed by atoms with Gasteiger partial charge in [-0.15, -0.1) is 15.0 Å². The van der Waals surface area contributed by atoms with Crippen LogP contribution in [0.2, 0.25) is 0 Å². The molecule has 1 heterocycles. The van der Waals surface area contributed by atoms with E-state index in [1.807, 2.05) is 0 Å². The van der Waals surface area contributed by atoms with E-state index in [1.54, 1.807) is 0 Å². The first kappa shape index (κ1) is 10.9. The standard InChI is InChI=1S/C5H7N3O3.Co/c1-10-4-6-3(9)7-5(8-4)11-2;/h1-2H3,(H,6,7,8,9);. The molecule has 1 aromatic heterocycles. The second-order valence-corrected chi connectivity index (χ2v) is 1.61. The summed E-state index contributed by atoms with van der Waals surface area (Å²) in [7, 11) is 2.77. The molecular formula is C5H7CoN3O3. The summed E-state index contributed by atoms with van der Waals surface area (Å²) in [6.45, 7) is 0. The van der Waals surface area contributed by atoms with Crippen LogP contribution in [-0.4, -0.2) is 34.3 Å². The third kappa shape index (κ3) is 2.51. The molecule has 69 valence electrons. The molecule has 1 rings (SSSR count). The van der Waals surface area contributed by atoms with E-state index < -0.39 is 6.01 Å². The van der Waals surface area contributed by atoms with Crippen molar-refractivity contribution >= 4 is 0 Å². The van der Waals surface area contributed by atoms with Gasteiger partial charge in [0, 0.05) is 16.8 Å². The first-order chi connectivity index (χ1) is 5.26. The molecule has 12 heavy (non-hydrogen) atoms. The molecular weight excluding hydrogens is 209 g/mol. The molecule has 0 atom stereocenters. The van der Waals surface area contributed by atoms with Crippen LogP contribution in [0.1, 0.15) is 0 Å². The monoisotopic (exact) mass is 216 g/mol. The fourth-order valence-electron chi connectivity index (χ4n) is 0.510. The largest absolute Gasteiger partial charge is 0.479 e. The third-order valence-electron chi connectivity index (χ3n) is 0.948. The molecule has 0 aliphatic heterocycles. The number of hydrogen-bond donors (Lipinski definition) is 1. The fraction of sp³-hybridized carbons (Fsp3) is 0.400. The Morgan fingerprint density at radius 1 is 1.00 bits per heavy atom. The van der Waals surface area contributed by atoms with Gasteiger partial charge >= 0.3 is 18.0 Å². The predicted molar refractivity (Wildman–Crippen MR) is 34.6 cm³/mol. The Morgan fingerprint density at radius 2 is 1.42 bits per heavy atom. The molecule has 0 saturated carbocycles. The SMILES string of the molecule is COc1nc(O)nc(OC)n1.[Co]. The molecule has 0 aliphatic rings. The molecule has 0 aliphatic carbocycles. The van der Waals surface area contributed by atoms with Crippen LogP contribution >= 0.6 is 0 Å². The first-order valence-electron chi connectivity index (χ1n) is 2.79. The summed E-state index contributed by atoms with van der Waals surface area (Å²) in [4.78, 5) is 10.5. The van der Waals surface area contributed by atoms with Crippen LogP contribution < -0.4 is 9.47 Å². The smallest absolute Gasteiger partial charge is 0.325 e. The number of rotatable bonds is 2. The number of methoxy groups -OCH3 is 2. The van der Waals surface area contributed by atoms with Crippen LogP contribution in [0, 0.1) is 0 Å². The van der Waals surface area contributed by atoms with E-state index in [-0.39, 0.29) is 28.8 Å². The minimum atomic E-state index is -0.422. The molecule has 7 heteroatoms. The van der Waals surface area contributed by atoms with Gasteiger partial charge in [-0.3, -0.25) is 0 Å². The maximum Gasteiger partial charge on any atom is 0.325 e. The van der Waals surface area contributed by atoms with Crippen LogP contribution in [0.5, 0.6) is 18.0 Å². The normalized spacial score (nSPS) is 8.50. The topological polar surface area (TPSA) is 77.4 Å². The molecule has 1 N–H and O–H groups in total. The summed E-state index contributed by atoms with van der Waals surface area (Å²) in [5.41, 5.74) is 0. The van der Waals surface area contributed by atoms with E-state index in [0.29, 0.717) is 0 Å². The molecule has 0 bridgehead atoms. The van der Waals surface area contributed by atoms with Gasteiger partial charge in [-0.1, -0.05) is 0 Å². The van der Waals surface area contributed by atoms with Crippen molar-refractivity contribution in [3.8, 4) is 18.0 Å². The molecule has 0 fully saturated rings. The van der Waals surface area contributed by atoms with Crippen molar-refractivity contribution < 1.29 is 31.4 Å². The van der Waals surface area contributed by atoms with Gasteiger partial charge in [-0.2, -0.15) is 0 Å². The predicted octanol–water partition coefficient (Wildman–Crippen LogP) is -0.408. The Labute approximate surface area is 79.2 Å². The van der Waals surface area contributed by atoms with Gasteiger partial charge in [0.1, 0.15) is 0 Å². The van der Waals surface area contributed by atoms with Crippen molar-refractivity contribution in [2.75, 3.05) is 14.2 Å². The zero-order valence-corrected chi connectivity index (χ0v) is 7.48. The van der Waals surface area contributed by atoms with Gasteiger partial charge in [-0.25, -0.2) is 0 Å². The Morgan fingerprint density at radius 3 is 1.75 bits per heavy atom. The Hall–Kier alpha value is -1.08. The number of aromatic hydroxyl groups is 1. The van der Waals surface area contributed by atoms with Crippen molar-refractivity contribution in [1.29, 1.82) is 0 Å². The van der Waals surface area contributed by atoms with Gasteiger partial charge in [0.05, 0.1) is 14.2 Å². The number of ether oxygens (including phenoxy) is 2. The summed E-state index contributed by atoms with van der Waals surface area (Å²) >= 11 is 0. The summed E-state index contributed by atoms with van der Waals surface area (Å²) in [6.07, 6.45) is 0. The van der Waals surface area contributed by atoms with Crippen molar-refractivity contribution in [2.24, 2.45) is 0 Å². The van der Waals surface area contributed by atoms with Gasteiger partial charge in [0.25, 0.3) is 0 Å². The maximum atomic E-state index is 8.83. The molecule has 0 aromatic carbocycles. The molecule has 1 radical (unpaired) electrons. The van der Waals surface area contributed by atoms with E-state index in [2.05, 4.69) is 24.4 Å². The third-order valence-corrected chi connectivity index (χ3v) is 0.948. The maximum absolute atomic E-state index is 8.83. The van der Waals surface area contributed by atoms with Crippen LogP contribution in [0.4, 0.5) is 0 Å². The molecule has 0 unspecified atom stereocenters. The van der Waals surface area contributed by atoms with Crippen molar-refractivity contribution in [3.05, 3.63) is 0 Å². The van der Waals surface area contributed by atoms with Crippen molar-refractivity contribution in [2.45, 2.75) is 0 Å². The molecule has 0 saturated heterocycles. The number of aromatic nitrogens is 3. The van der Waals surface area contributed by atoms with Crippen LogP contribution in [-0.2, 0) is 16.8 Å². The minimum absolute atomic E-state index is 0. The van der Waals surface area contributed by atoms with Crippen molar-refractivity contribution in [1.82, 2.24) is 15.0 Å². The Balaban J connectivity index is 0.00000121. The van der Waals surface area contributed by atoms with E-state index in [1.165, 1.54) is 14.2 Å². The van der Waals surface area contributed by atoms with Crippen molar-refractivity contribution in [3.63, 3.8) is 0 Å². The fourth-order valence-corrected chi connectivity index (χ4v) is 0.510. The van der Waals surface area contributed by atoms with E-state index >= 15 is 0 Å². The average Bonchev–Trinajstić information content (AvgIpc) is 2.03. The van der Waals surface area contributed by atoms with Crippen LogP contribution in [0.15, 0.2) is 0 Å². The summed E-state index contributed by atoms with van der Waals surface area (Å²) in [5, 5.41) is 8.83. The quantitative estimate of drug-likeness (QED) is 0.724. The Kier molecular flexibility index (Phi) is 4.30. The van der Waals surface area contributed by atoms with E-state index in [0.717, 1.165) is 0 Å². The van der Waals surface area contributed by atoms with E-state index in [9.17, 15) is 0 Å². The van der Waals surface area contributed by atoms with Crippen LogP contribution in [0.25, 0.3) is 0 Å². The summed E-state index contributed by atoms with van der Waals surface area (Å²) in [5.74, 6) is 0. The minimum Gasteiger partial charge on any atom is -0.479 e. The number of hydrogen-bond acceptors (Lipinski definition) is 6. The zero-order chi connectivity index (χ0) is 8.27. The second kappa shape index (κ2) is 4.73. The molecule has 6 nitrogen and oxygen atoms in total. The average molecular weight is 216 g/mol. The molecule has 1 aromatic rings. The van der Waals surface area contributed by atoms with Gasteiger partial charge in [-0.05, 0) is 0 Å². The van der Waals surface area contributed by atoms with Gasteiger partial charge in [0.15, 0.2) is 0 Å². The molecule has 0 amide bonds. The zero-order valence-electron chi connectivity index (χ0n) is 6.44. The van der Waals surface area contributed by atoms with Gasteiger partial charge < -0.3 is 14.6 Å². The Bertz CT molecular complexity index is 235. The second-order valence-electron chi connectivity index (χ2n) is 1.61. The molecule has 0 spiro atoms. The summed E-state index contributed by atoms with van der Waals surface area (Å²) < 4.78 is 9.27. The van der Waals surface area contributed by atoms with E-state index in [4.69, 9.17) is 5.11 Å². The summed E-state index contributed by atoms with van der Waals surface area (Å²) in [6, 6.07) is -0.377. The number of nitrogens with zero attached hydrogens (tertiary/aromatic N) is 3. The van der Waals surface area contributed by atoms with Crippen LogP contribution in [0.3, 0.4) is 0 Å².